The van der Waals surface area contributed by atoms with E-state index in [2.05, 4.69) is 10.3 Å². The fourth-order valence-corrected chi connectivity index (χ4v) is 2.88. The van der Waals surface area contributed by atoms with E-state index < -0.39 is 0 Å². The second kappa shape index (κ2) is 9.22. The summed E-state index contributed by atoms with van der Waals surface area (Å²) in [6.07, 6.45) is 8.33. The minimum Gasteiger partial charge on any atom is -0.496 e. The van der Waals surface area contributed by atoms with Crippen LogP contribution in [0.15, 0.2) is 41.8 Å². The summed E-state index contributed by atoms with van der Waals surface area (Å²) in [5, 5.41) is 2.93. The summed E-state index contributed by atoms with van der Waals surface area (Å²) in [6, 6.07) is 5.95. The maximum atomic E-state index is 12.1. The molecule has 2 amide bonds. The number of ether oxygens (including phenoxy) is 1. The third kappa shape index (κ3) is 5.19. The van der Waals surface area contributed by atoms with Gasteiger partial charge in [-0.05, 0) is 30.4 Å². The molecule has 0 radical (unpaired) electrons. The molecular weight excluding hydrogens is 324 g/mol. The molecule has 24 heavy (non-hydrogen) atoms. The van der Waals surface area contributed by atoms with Crippen LogP contribution in [0.25, 0.3) is 0 Å². The zero-order valence-corrected chi connectivity index (χ0v) is 15.2. The normalized spacial score (nSPS) is 10.5. The van der Waals surface area contributed by atoms with Crippen LogP contribution in [-0.2, 0) is 13.1 Å². The van der Waals surface area contributed by atoms with Crippen LogP contribution in [-0.4, -0.2) is 47.4 Å². The topological polar surface area (TPSA) is 59.4 Å². The number of urea groups is 1. The van der Waals surface area contributed by atoms with Gasteiger partial charge in [-0.2, -0.15) is 0 Å². The van der Waals surface area contributed by atoms with E-state index in [1.807, 2.05) is 35.2 Å². The van der Waals surface area contributed by atoms with Crippen LogP contribution in [0, 0.1) is 0 Å². The van der Waals surface area contributed by atoms with Crippen LogP contribution in [0.4, 0.5) is 4.79 Å². The van der Waals surface area contributed by atoms with Crippen molar-refractivity contribution in [3.8, 4) is 5.75 Å². The first-order valence-electron chi connectivity index (χ1n) is 7.79. The molecule has 0 aliphatic heterocycles. The van der Waals surface area contributed by atoms with Gasteiger partial charge in [0.1, 0.15) is 5.75 Å². The zero-order valence-electron chi connectivity index (χ0n) is 14.4. The predicted octanol–water partition coefficient (Wildman–Crippen LogP) is 2.85. The smallest absolute Gasteiger partial charge is 0.317 e. The first-order valence-corrected chi connectivity index (χ1v) is 9.02. The van der Waals surface area contributed by atoms with E-state index in [0.29, 0.717) is 13.1 Å². The third-order valence-corrected chi connectivity index (χ3v) is 4.42. The Balaban J connectivity index is 1.78. The predicted molar refractivity (Wildman–Crippen MR) is 96.5 cm³/mol. The highest BCUT2D eigenvalue weighted by Gasteiger charge is 2.10. The monoisotopic (exact) mass is 348 g/mol. The van der Waals surface area contributed by atoms with Crippen LogP contribution in [0.1, 0.15) is 12.0 Å². The van der Waals surface area contributed by atoms with Crippen molar-refractivity contribution in [2.24, 2.45) is 0 Å². The molecule has 130 valence electrons. The zero-order chi connectivity index (χ0) is 17.4. The lowest BCUT2D eigenvalue weighted by molar-refractivity contribution is 0.206. The number of aryl methyl sites for hydroxylation is 1. The van der Waals surface area contributed by atoms with Crippen molar-refractivity contribution < 1.29 is 9.53 Å². The Bertz CT molecular complexity index is 646. The van der Waals surface area contributed by atoms with Gasteiger partial charge in [0.15, 0.2) is 0 Å². The summed E-state index contributed by atoms with van der Waals surface area (Å²) < 4.78 is 7.38. The Labute approximate surface area is 147 Å². The van der Waals surface area contributed by atoms with E-state index in [9.17, 15) is 4.79 Å². The molecule has 0 spiro atoms. The lowest BCUT2D eigenvalue weighted by Crippen LogP contribution is -2.37. The Morgan fingerprint density at radius 1 is 1.46 bits per heavy atom. The summed E-state index contributed by atoms with van der Waals surface area (Å²) >= 11 is 1.64. The summed E-state index contributed by atoms with van der Waals surface area (Å²) in [5.41, 5.74) is 1.04. The van der Waals surface area contributed by atoms with E-state index in [1.165, 1.54) is 0 Å². The van der Waals surface area contributed by atoms with Gasteiger partial charge in [0.25, 0.3) is 0 Å². The lowest BCUT2D eigenvalue weighted by Gasteiger charge is -2.19. The van der Waals surface area contributed by atoms with Gasteiger partial charge >= 0.3 is 6.03 Å². The maximum absolute atomic E-state index is 12.1. The number of hydrogen-bond donors (Lipinski definition) is 1. The molecule has 0 bridgehead atoms. The highest BCUT2D eigenvalue weighted by atomic mass is 32.2. The molecule has 0 saturated heterocycles. The van der Waals surface area contributed by atoms with Crippen LogP contribution in [0.5, 0.6) is 5.75 Å². The van der Waals surface area contributed by atoms with E-state index in [4.69, 9.17) is 4.74 Å². The molecule has 1 aromatic heterocycles. The number of rotatable bonds is 8. The number of nitrogens with one attached hydrogen (secondary N) is 1. The summed E-state index contributed by atoms with van der Waals surface area (Å²) in [6.45, 7) is 2.02. The van der Waals surface area contributed by atoms with Crippen molar-refractivity contribution in [2.75, 3.05) is 27.0 Å². The summed E-state index contributed by atoms with van der Waals surface area (Å²) in [7, 11) is 3.45. The first-order chi connectivity index (χ1) is 11.6. The maximum Gasteiger partial charge on any atom is 0.317 e. The van der Waals surface area contributed by atoms with Crippen LogP contribution < -0.4 is 10.1 Å². The van der Waals surface area contributed by atoms with Gasteiger partial charge < -0.3 is 19.5 Å². The molecule has 0 aliphatic carbocycles. The molecule has 2 rings (SSSR count). The number of thioether (sulfide) groups is 1. The number of aromatic nitrogens is 2. The fraction of sp³-hybridized carbons (Fsp3) is 0.412. The van der Waals surface area contributed by atoms with E-state index in [0.717, 1.165) is 29.2 Å². The molecule has 2 aromatic rings. The molecule has 1 aromatic carbocycles. The van der Waals surface area contributed by atoms with Gasteiger partial charge in [-0.1, -0.05) is 6.07 Å². The van der Waals surface area contributed by atoms with Crippen LogP contribution in [0.2, 0.25) is 0 Å². The van der Waals surface area contributed by atoms with Gasteiger partial charge in [0, 0.05) is 44.0 Å². The quantitative estimate of drug-likeness (QED) is 0.589. The highest BCUT2D eigenvalue weighted by molar-refractivity contribution is 7.98. The Morgan fingerprint density at radius 3 is 2.96 bits per heavy atom. The Hall–Kier alpha value is -2.15. The van der Waals surface area contributed by atoms with Crippen molar-refractivity contribution in [3.05, 3.63) is 42.5 Å². The first kappa shape index (κ1) is 18.2. The van der Waals surface area contributed by atoms with E-state index in [-0.39, 0.29) is 6.03 Å². The number of methoxy groups -OCH3 is 1. The molecule has 1 N–H and O–H groups in total. The minimum absolute atomic E-state index is 0.0754. The standard InChI is InChI=1S/C17H24N4O2S/c1-20(12-14-5-6-16(24-3)15(11-14)23-2)17(22)19-7-4-9-21-10-8-18-13-21/h5-6,8,10-11,13H,4,7,9,12H2,1-3H3,(H,19,22). The summed E-state index contributed by atoms with van der Waals surface area (Å²) in [5.74, 6) is 0.842. The molecule has 0 unspecified atom stereocenters. The number of carbonyl (C=O) groups is 1. The average Bonchev–Trinajstić information content (AvgIpc) is 3.11. The van der Waals surface area contributed by atoms with Crippen LogP contribution >= 0.6 is 11.8 Å². The third-order valence-electron chi connectivity index (χ3n) is 3.64. The number of amides is 2. The number of nitrogens with zero attached hydrogens (tertiary/aromatic N) is 3. The van der Waals surface area contributed by atoms with Gasteiger partial charge in [-0.3, -0.25) is 0 Å². The van der Waals surface area contributed by atoms with Crippen molar-refractivity contribution in [1.29, 1.82) is 0 Å². The van der Waals surface area contributed by atoms with Crippen molar-refractivity contribution in [3.63, 3.8) is 0 Å². The lowest BCUT2D eigenvalue weighted by atomic mass is 10.2. The van der Waals surface area contributed by atoms with Crippen molar-refractivity contribution in [1.82, 2.24) is 19.8 Å². The summed E-state index contributed by atoms with van der Waals surface area (Å²) in [4.78, 5) is 18.9. The highest BCUT2D eigenvalue weighted by Crippen LogP contribution is 2.28. The van der Waals surface area contributed by atoms with E-state index >= 15 is 0 Å². The Morgan fingerprint density at radius 2 is 2.29 bits per heavy atom. The number of imidazole rings is 1. The molecule has 6 nitrogen and oxygen atoms in total. The molecule has 0 saturated carbocycles. The van der Waals surface area contributed by atoms with Crippen LogP contribution in [0.3, 0.4) is 0 Å². The molecule has 0 fully saturated rings. The number of hydrogen-bond acceptors (Lipinski definition) is 4. The molecular formula is C17H24N4O2S. The second-order valence-corrected chi connectivity index (χ2v) is 6.28. The SMILES string of the molecule is COc1cc(CN(C)C(=O)NCCCn2ccnc2)ccc1SC. The molecule has 1 heterocycles. The number of benzene rings is 1. The Kier molecular flexibility index (Phi) is 6.99. The average molecular weight is 348 g/mol. The van der Waals surface area contributed by atoms with Crippen molar-refractivity contribution >= 4 is 17.8 Å². The molecule has 0 aliphatic rings. The van der Waals surface area contributed by atoms with Crippen molar-refractivity contribution in [2.45, 2.75) is 24.4 Å². The molecule has 7 heteroatoms. The largest absolute Gasteiger partial charge is 0.496 e. The van der Waals surface area contributed by atoms with Gasteiger partial charge in [-0.15, -0.1) is 11.8 Å². The second-order valence-electron chi connectivity index (χ2n) is 5.43. The van der Waals surface area contributed by atoms with E-state index in [1.54, 1.807) is 43.3 Å². The number of carbonyl (C=O) groups excluding carboxylic acids is 1. The fourth-order valence-electron chi connectivity index (χ4n) is 2.34. The van der Waals surface area contributed by atoms with Gasteiger partial charge in [0.2, 0.25) is 0 Å². The van der Waals surface area contributed by atoms with Gasteiger partial charge in [-0.25, -0.2) is 9.78 Å². The van der Waals surface area contributed by atoms with Gasteiger partial charge in [0.05, 0.1) is 13.4 Å². The minimum atomic E-state index is -0.0754. The molecule has 0 atom stereocenters.